The number of aromatic nitrogens is 1. The zero-order valence-corrected chi connectivity index (χ0v) is 17.2. The first-order valence-corrected chi connectivity index (χ1v) is 9.76. The zero-order valence-electron chi connectivity index (χ0n) is 16.5. The van der Waals surface area contributed by atoms with E-state index < -0.39 is 5.82 Å². The van der Waals surface area contributed by atoms with Crippen molar-refractivity contribution in [2.24, 2.45) is 5.73 Å². The molecule has 0 aliphatic rings. The molecule has 1 unspecified atom stereocenters. The highest BCUT2D eigenvalue weighted by atomic mass is 35.5. The van der Waals surface area contributed by atoms with Crippen LogP contribution in [0.2, 0.25) is 5.02 Å². The van der Waals surface area contributed by atoms with E-state index in [4.69, 9.17) is 26.8 Å². The summed E-state index contributed by atoms with van der Waals surface area (Å²) in [4.78, 5) is 4.07. The third kappa shape index (κ3) is 4.75. The Balaban J connectivity index is 2.05. The molecule has 0 radical (unpaired) electrons. The van der Waals surface area contributed by atoms with Crippen molar-refractivity contribution >= 4 is 11.6 Å². The summed E-state index contributed by atoms with van der Waals surface area (Å²) in [5.41, 5.74) is 9.77. The summed E-state index contributed by atoms with van der Waals surface area (Å²) >= 11 is 6.47. The lowest BCUT2D eigenvalue weighted by Gasteiger charge is -2.19. The Morgan fingerprint density at radius 3 is 2.55 bits per heavy atom. The van der Waals surface area contributed by atoms with Gasteiger partial charge < -0.3 is 15.2 Å². The summed E-state index contributed by atoms with van der Waals surface area (Å²) < 4.78 is 25.6. The SMILES string of the molecule is COCCOc1ncc(C)c(-c2cc(C(CN)c3ccccc3)ccc2Cl)c1F. The number of pyridine rings is 1. The van der Waals surface area contributed by atoms with Gasteiger partial charge in [0, 0.05) is 41.9 Å². The van der Waals surface area contributed by atoms with Crippen molar-refractivity contribution in [3.05, 3.63) is 82.3 Å². The van der Waals surface area contributed by atoms with Crippen molar-refractivity contribution in [2.45, 2.75) is 12.8 Å². The molecule has 0 saturated carbocycles. The Bertz CT molecular complexity index is 967. The molecule has 2 aromatic carbocycles. The topological polar surface area (TPSA) is 57.4 Å². The van der Waals surface area contributed by atoms with E-state index in [1.54, 1.807) is 26.3 Å². The van der Waals surface area contributed by atoms with Crippen LogP contribution < -0.4 is 10.5 Å². The van der Waals surface area contributed by atoms with Crippen molar-refractivity contribution in [2.75, 3.05) is 26.9 Å². The second kappa shape index (κ2) is 9.83. The molecule has 0 spiro atoms. The molecular formula is C23H24ClFN2O2. The maximum absolute atomic E-state index is 15.3. The lowest BCUT2D eigenvalue weighted by atomic mass is 9.89. The predicted molar refractivity (Wildman–Crippen MR) is 114 cm³/mol. The molecule has 0 saturated heterocycles. The minimum Gasteiger partial charge on any atom is -0.473 e. The predicted octanol–water partition coefficient (Wildman–Crippen LogP) is 4.97. The normalized spacial score (nSPS) is 12.0. The summed E-state index contributed by atoms with van der Waals surface area (Å²) in [6, 6.07) is 15.6. The lowest BCUT2D eigenvalue weighted by molar-refractivity contribution is 0.141. The fourth-order valence-electron chi connectivity index (χ4n) is 3.31. The van der Waals surface area contributed by atoms with E-state index in [1.807, 2.05) is 42.5 Å². The average molecular weight is 415 g/mol. The van der Waals surface area contributed by atoms with Gasteiger partial charge in [-0.2, -0.15) is 0 Å². The Hall–Kier alpha value is -2.47. The highest BCUT2D eigenvalue weighted by Crippen LogP contribution is 2.37. The molecule has 1 heterocycles. The third-order valence-electron chi connectivity index (χ3n) is 4.80. The number of halogens is 2. The third-order valence-corrected chi connectivity index (χ3v) is 5.13. The van der Waals surface area contributed by atoms with E-state index in [-0.39, 0.29) is 18.4 Å². The van der Waals surface area contributed by atoms with Crippen LogP contribution in [0.1, 0.15) is 22.6 Å². The Kier molecular flexibility index (Phi) is 7.20. The Morgan fingerprint density at radius 2 is 1.86 bits per heavy atom. The number of rotatable bonds is 8. The molecule has 1 atom stereocenters. The number of nitrogens with zero attached hydrogens (tertiary/aromatic N) is 1. The van der Waals surface area contributed by atoms with Crippen molar-refractivity contribution in [1.29, 1.82) is 0 Å². The summed E-state index contributed by atoms with van der Waals surface area (Å²) in [7, 11) is 1.56. The number of nitrogens with two attached hydrogens (primary N) is 1. The molecule has 0 aliphatic heterocycles. The average Bonchev–Trinajstić information content (AvgIpc) is 2.73. The van der Waals surface area contributed by atoms with E-state index in [1.165, 1.54) is 0 Å². The van der Waals surface area contributed by atoms with Crippen LogP contribution in [-0.2, 0) is 4.74 Å². The van der Waals surface area contributed by atoms with Crippen molar-refractivity contribution in [3.8, 4) is 17.0 Å². The van der Waals surface area contributed by atoms with Gasteiger partial charge in [-0.05, 0) is 35.7 Å². The van der Waals surface area contributed by atoms with Gasteiger partial charge in [-0.3, -0.25) is 0 Å². The van der Waals surface area contributed by atoms with Crippen LogP contribution in [0.4, 0.5) is 4.39 Å². The number of hydrogen-bond acceptors (Lipinski definition) is 4. The molecule has 29 heavy (non-hydrogen) atoms. The van der Waals surface area contributed by atoms with Crippen LogP contribution in [0.3, 0.4) is 0 Å². The van der Waals surface area contributed by atoms with E-state index in [9.17, 15) is 0 Å². The highest BCUT2D eigenvalue weighted by Gasteiger charge is 2.20. The summed E-state index contributed by atoms with van der Waals surface area (Å²) in [5.74, 6) is -0.624. The van der Waals surface area contributed by atoms with Gasteiger partial charge in [0.1, 0.15) is 6.61 Å². The minimum atomic E-state index is -0.538. The smallest absolute Gasteiger partial charge is 0.251 e. The van der Waals surface area contributed by atoms with Gasteiger partial charge in [0.15, 0.2) is 5.82 Å². The van der Waals surface area contributed by atoms with Crippen LogP contribution in [0.5, 0.6) is 5.88 Å². The maximum atomic E-state index is 15.3. The number of ether oxygens (including phenoxy) is 2. The number of benzene rings is 2. The molecule has 4 nitrogen and oxygen atoms in total. The Morgan fingerprint density at radius 1 is 1.10 bits per heavy atom. The van der Waals surface area contributed by atoms with Crippen LogP contribution in [0.25, 0.3) is 11.1 Å². The second-order valence-electron chi connectivity index (χ2n) is 6.71. The summed E-state index contributed by atoms with van der Waals surface area (Å²) in [6.07, 6.45) is 1.58. The van der Waals surface area contributed by atoms with E-state index in [2.05, 4.69) is 4.98 Å². The first-order chi connectivity index (χ1) is 14.1. The second-order valence-corrected chi connectivity index (χ2v) is 7.12. The first kappa shape index (κ1) is 21.2. The molecule has 3 aromatic rings. The fraction of sp³-hybridized carbons (Fsp3) is 0.261. The molecule has 0 fully saturated rings. The quantitative estimate of drug-likeness (QED) is 0.529. The van der Waals surface area contributed by atoms with Gasteiger partial charge in [0.25, 0.3) is 5.88 Å². The Labute approximate surface area is 175 Å². The number of methoxy groups -OCH3 is 1. The molecule has 152 valence electrons. The van der Waals surface area contributed by atoms with Gasteiger partial charge in [-0.15, -0.1) is 0 Å². The molecule has 1 aromatic heterocycles. The maximum Gasteiger partial charge on any atom is 0.251 e. The molecular weight excluding hydrogens is 391 g/mol. The summed E-state index contributed by atoms with van der Waals surface area (Å²) in [5, 5.41) is 0.452. The van der Waals surface area contributed by atoms with Gasteiger partial charge in [0.2, 0.25) is 0 Å². The van der Waals surface area contributed by atoms with Gasteiger partial charge in [-0.1, -0.05) is 48.0 Å². The molecule has 0 aliphatic carbocycles. The lowest BCUT2D eigenvalue weighted by Crippen LogP contribution is -2.14. The van der Waals surface area contributed by atoms with Crippen molar-refractivity contribution < 1.29 is 13.9 Å². The minimum absolute atomic E-state index is 0.0187. The van der Waals surface area contributed by atoms with Gasteiger partial charge in [-0.25, -0.2) is 9.37 Å². The number of aryl methyl sites for hydroxylation is 1. The first-order valence-electron chi connectivity index (χ1n) is 9.38. The fourth-order valence-corrected chi connectivity index (χ4v) is 3.52. The highest BCUT2D eigenvalue weighted by molar-refractivity contribution is 6.33. The van der Waals surface area contributed by atoms with Crippen LogP contribution >= 0.6 is 11.6 Å². The van der Waals surface area contributed by atoms with Crippen molar-refractivity contribution in [1.82, 2.24) is 4.98 Å². The van der Waals surface area contributed by atoms with Crippen LogP contribution in [-0.4, -0.2) is 31.9 Å². The van der Waals surface area contributed by atoms with E-state index in [0.29, 0.717) is 34.9 Å². The molecule has 3 rings (SSSR count). The van der Waals surface area contributed by atoms with E-state index >= 15 is 4.39 Å². The van der Waals surface area contributed by atoms with Crippen molar-refractivity contribution in [3.63, 3.8) is 0 Å². The van der Waals surface area contributed by atoms with Gasteiger partial charge in [0.05, 0.1) is 6.61 Å². The largest absolute Gasteiger partial charge is 0.473 e. The monoisotopic (exact) mass is 414 g/mol. The van der Waals surface area contributed by atoms with E-state index in [0.717, 1.165) is 11.1 Å². The zero-order chi connectivity index (χ0) is 20.8. The van der Waals surface area contributed by atoms with Gasteiger partial charge >= 0.3 is 0 Å². The molecule has 2 N–H and O–H groups in total. The molecule has 6 heteroatoms. The summed E-state index contributed by atoms with van der Waals surface area (Å²) in [6.45, 7) is 2.77. The standard InChI is InChI=1S/C23H24ClFN2O2/c1-15-14-27-23(29-11-10-28-2)22(25)21(15)18-12-17(8-9-20(18)24)19(13-26)16-6-4-3-5-7-16/h3-9,12,14,19H,10-11,13,26H2,1-2H3. The number of hydrogen-bond donors (Lipinski definition) is 1. The van der Waals surface area contributed by atoms with Crippen LogP contribution in [0.15, 0.2) is 54.7 Å². The van der Waals surface area contributed by atoms with Crippen LogP contribution in [0, 0.1) is 12.7 Å². The molecule has 0 amide bonds. The molecule has 0 bridgehead atoms.